The molecule has 2 fully saturated rings. The van der Waals surface area contributed by atoms with Crippen LogP contribution in [-0.4, -0.2) is 78.0 Å². The second kappa shape index (κ2) is 11.5. The number of nitrogen functional groups attached to an aromatic ring is 3. The van der Waals surface area contributed by atoms with Crippen molar-refractivity contribution in [3.63, 3.8) is 0 Å². The Kier molecular flexibility index (Phi) is 8.14. The summed E-state index contributed by atoms with van der Waals surface area (Å²) in [5.74, 6) is -3.26. The van der Waals surface area contributed by atoms with Gasteiger partial charge in [0.1, 0.15) is 11.4 Å². The number of carbonyl (C=O) groups is 4. The Hall–Kier alpha value is -4.10. The first-order chi connectivity index (χ1) is 20.3. The number of oxime groups is 1. The molecule has 1 aliphatic carbocycles. The molecule has 0 spiro atoms. The Bertz CT molecular complexity index is 1590. The average molecular weight is 650 g/mol. The molecule has 0 bridgehead atoms. The van der Waals surface area contributed by atoms with Gasteiger partial charge in [-0.05, 0) is 44.0 Å². The van der Waals surface area contributed by atoms with Gasteiger partial charge in [-0.3, -0.25) is 14.5 Å². The minimum absolute atomic E-state index is 0.120. The average Bonchev–Trinajstić information content (AvgIpc) is 3.68. The molecule has 4 heterocycles. The molecule has 19 heteroatoms. The smallest absolute Gasteiger partial charge is 0.350 e. The highest BCUT2D eigenvalue weighted by atomic mass is 32.2. The van der Waals surface area contributed by atoms with E-state index in [4.69, 9.17) is 22.0 Å². The lowest BCUT2D eigenvalue weighted by atomic mass is 10.0. The van der Waals surface area contributed by atoms with Gasteiger partial charge in [-0.15, -0.1) is 11.8 Å². The van der Waals surface area contributed by atoms with Gasteiger partial charge in [0, 0.05) is 17.7 Å². The van der Waals surface area contributed by atoms with Crippen molar-refractivity contribution in [3.05, 3.63) is 28.4 Å². The van der Waals surface area contributed by atoms with Crippen molar-refractivity contribution in [3.8, 4) is 0 Å². The molecule has 2 unspecified atom stereocenters. The highest BCUT2D eigenvalue weighted by Crippen LogP contribution is 2.41. The lowest BCUT2D eigenvalue weighted by molar-refractivity contribution is -0.726. The van der Waals surface area contributed by atoms with Crippen LogP contribution in [0.15, 0.2) is 33.8 Å². The Morgan fingerprint density at radius 3 is 2.65 bits per heavy atom. The molecule has 2 atom stereocenters. The van der Waals surface area contributed by atoms with Crippen molar-refractivity contribution in [2.24, 2.45) is 5.16 Å². The van der Waals surface area contributed by atoms with E-state index >= 15 is 0 Å². The summed E-state index contributed by atoms with van der Waals surface area (Å²) in [5, 5.41) is 27.8. The van der Waals surface area contributed by atoms with Gasteiger partial charge in [-0.2, -0.15) is 0 Å². The maximum absolute atomic E-state index is 13.3. The zero-order valence-corrected chi connectivity index (χ0v) is 25.3. The standard InChI is InChI=1S/C24H27N9O7S3/c1-24(2,21(38)39)40-31-14(11-6-28-22(27)43-11)17(34)30-15-18(35)33-16(20(36)37)9(7-41-19(15)33)8-42-23-29-12(25)5-13(26)32(23)10-3-4-10/h5-6,10,15,19H,3-4,7-8H2,1-2H3,(H8,25,26,27,28,30,31,34,36,37,38,39). The van der Waals surface area contributed by atoms with Gasteiger partial charge in [0.25, 0.3) is 11.8 Å². The number of rotatable bonds is 11. The highest BCUT2D eigenvalue weighted by Gasteiger charge is 2.53. The molecule has 1 saturated carbocycles. The number of anilines is 3. The summed E-state index contributed by atoms with van der Waals surface area (Å²) in [4.78, 5) is 64.8. The lowest BCUT2D eigenvalue weighted by Crippen LogP contribution is -2.71. The van der Waals surface area contributed by atoms with Gasteiger partial charge in [-0.1, -0.05) is 21.5 Å². The first kappa shape index (κ1) is 30.4. The molecule has 3 aliphatic rings. The fourth-order valence-corrected chi connectivity index (χ4v) is 7.51. The number of nitrogens with zero attached hydrogens (tertiary/aromatic N) is 5. The molecular formula is C24H27N9O7S3. The molecule has 2 aromatic rings. The summed E-state index contributed by atoms with van der Waals surface area (Å²) in [6.07, 6.45) is 3.15. The van der Waals surface area contributed by atoms with Crippen molar-refractivity contribution >= 4 is 81.1 Å². The number of nitrogens with two attached hydrogens (primary N) is 3. The van der Waals surface area contributed by atoms with Gasteiger partial charge in [0.05, 0.1) is 28.7 Å². The van der Waals surface area contributed by atoms with Gasteiger partial charge >= 0.3 is 11.1 Å². The van der Waals surface area contributed by atoms with E-state index in [0.717, 1.165) is 29.1 Å². The van der Waals surface area contributed by atoms with E-state index in [-0.39, 0.29) is 44.8 Å². The topological polar surface area (TPSA) is 256 Å². The zero-order chi connectivity index (χ0) is 31.2. The quantitative estimate of drug-likeness (QED) is 0.0473. The SMILES string of the molecule is CC(C)(O/N=C(\C(=O)NC1C(=O)N2C(C(=O)[O-])=C(CSc3nc(N)cc(N)[n+]3C3CC3)CSC12)c1cnc(N)s1)C(=O)O. The lowest BCUT2D eigenvalue weighted by Gasteiger charge is -2.50. The number of carbonyl (C=O) groups excluding carboxylic acids is 3. The third-order valence-electron chi connectivity index (χ3n) is 6.67. The Morgan fingerprint density at radius 2 is 2.05 bits per heavy atom. The van der Waals surface area contributed by atoms with E-state index in [9.17, 15) is 29.4 Å². The van der Waals surface area contributed by atoms with E-state index < -0.39 is 40.8 Å². The van der Waals surface area contributed by atoms with Gasteiger partial charge in [0.2, 0.25) is 17.2 Å². The van der Waals surface area contributed by atoms with Crippen LogP contribution in [0, 0.1) is 0 Å². The third kappa shape index (κ3) is 6.04. The largest absolute Gasteiger partial charge is 0.543 e. The number of fused-ring (bicyclic) bond motifs is 1. The normalized spacial score (nSPS) is 20.4. The van der Waals surface area contributed by atoms with E-state index in [1.165, 1.54) is 43.6 Å². The third-order valence-corrected chi connectivity index (χ3v) is 9.88. The van der Waals surface area contributed by atoms with Gasteiger partial charge in [-0.25, -0.2) is 14.3 Å². The predicted octanol–water partition coefficient (Wildman–Crippen LogP) is -1.31. The number of nitrogens with one attached hydrogen (secondary N) is 1. The van der Waals surface area contributed by atoms with Gasteiger partial charge < -0.3 is 42.4 Å². The van der Waals surface area contributed by atoms with Crippen LogP contribution in [0.4, 0.5) is 16.8 Å². The van der Waals surface area contributed by atoms with Crippen molar-refractivity contribution in [2.75, 3.05) is 28.7 Å². The molecule has 5 rings (SSSR count). The van der Waals surface area contributed by atoms with Crippen LogP contribution >= 0.6 is 34.9 Å². The Labute approximate surface area is 256 Å². The van der Waals surface area contributed by atoms with Gasteiger partial charge in [0.15, 0.2) is 10.8 Å². The fourth-order valence-electron chi connectivity index (χ4n) is 4.27. The molecule has 43 heavy (non-hydrogen) atoms. The van der Waals surface area contributed by atoms with Crippen LogP contribution in [0.25, 0.3) is 0 Å². The van der Waals surface area contributed by atoms with E-state index in [2.05, 4.69) is 20.4 Å². The maximum Gasteiger partial charge on any atom is 0.350 e. The summed E-state index contributed by atoms with van der Waals surface area (Å²) >= 11 is 3.43. The van der Waals surface area contributed by atoms with Crippen LogP contribution in [0.3, 0.4) is 0 Å². The Balaban J connectivity index is 1.34. The van der Waals surface area contributed by atoms with Crippen LogP contribution in [0.1, 0.15) is 37.6 Å². The molecule has 228 valence electrons. The van der Waals surface area contributed by atoms with E-state index in [1.807, 2.05) is 4.57 Å². The number of hydrogen-bond acceptors (Lipinski definition) is 15. The summed E-state index contributed by atoms with van der Waals surface area (Å²) in [6, 6.07) is 0.672. The molecule has 2 aliphatic heterocycles. The number of thioether (sulfide) groups is 2. The number of β-lactam (4-membered cyclic amide) rings is 1. The van der Waals surface area contributed by atoms with Crippen molar-refractivity contribution in [1.82, 2.24) is 20.2 Å². The van der Waals surface area contributed by atoms with Crippen LogP contribution < -0.4 is 32.2 Å². The van der Waals surface area contributed by atoms with Crippen LogP contribution in [0.2, 0.25) is 0 Å². The summed E-state index contributed by atoms with van der Waals surface area (Å²) in [5.41, 5.74) is 15.8. The highest BCUT2D eigenvalue weighted by molar-refractivity contribution is 8.01. The second-order valence-corrected chi connectivity index (χ2v) is 13.4. The molecule has 2 aromatic heterocycles. The Morgan fingerprint density at radius 1 is 1.33 bits per heavy atom. The van der Waals surface area contributed by atoms with Crippen molar-refractivity contribution < 1.29 is 38.8 Å². The van der Waals surface area contributed by atoms with E-state index in [0.29, 0.717) is 16.5 Å². The molecule has 0 aromatic carbocycles. The number of hydrogen-bond donors (Lipinski definition) is 5. The fraction of sp³-hybridized carbons (Fsp3) is 0.417. The van der Waals surface area contributed by atoms with E-state index in [1.54, 1.807) is 6.07 Å². The van der Waals surface area contributed by atoms with Crippen LogP contribution in [0.5, 0.6) is 0 Å². The molecule has 16 nitrogen and oxygen atoms in total. The predicted molar refractivity (Wildman–Crippen MR) is 155 cm³/mol. The summed E-state index contributed by atoms with van der Waals surface area (Å²) in [7, 11) is 0. The number of amides is 2. The number of carboxylic acids is 2. The number of carboxylic acid groups (broad SMARTS) is 2. The molecule has 8 N–H and O–H groups in total. The van der Waals surface area contributed by atoms with Crippen molar-refractivity contribution in [2.45, 2.75) is 54.9 Å². The number of thiazole rings is 1. The van der Waals surface area contributed by atoms with Crippen LogP contribution in [-0.2, 0) is 24.0 Å². The number of aliphatic carboxylic acids is 2. The molecule has 2 amide bonds. The first-order valence-corrected chi connectivity index (χ1v) is 15.6. The minimum atomic E-state index is -1.77. The minimum Gasteiger partial charge on any atom is -0.543 e. The molecule has 1 saturated heterocycles. The summed E-state index contributed by atoms with van der Waals surface area (Å²) < 4.78 is 1.87. The number of aromatic nitrogens is 3. The maximum atomic E-state index is 13.3. The molecule has 0 radical (unpaired) electrons. The molecular weight excluding hydrogens is 623 g/mol. The first-order valence-electron chi connectivity index (χ1n) is 12.8. The second-order valence-electron chi connectivity index (χ2n) is 10.3. The monoisotopic (exact) mass is 649 g/mol. The van der Waals surface area contributed by atoms with Crippen molar-refractivity contribution in [1.29, 1.82) is 0 Å². The summed E-state index contributed by atoms with van der Waals surface area (Å²) in [6.45, 7) is 2.49. The zero-order valence-electron chi connectivity index (χ0n) is 22.8.